The maximum atomic E-state index is 13.0. The van der Waals surface area contributed by atoms with Crippen molar-refractivity contribution in [2.45, 2.75) is 13.5 Å². The van der Waals surface area contributed by atoms with E-state index in [2.05, 4.69) is 25.6 Å². The second kappa shape index (κ2) is 10.9. The summed E-state index contributed by atoms with van der Waals surface area (Å²) in [7, 11) is 0. The quantitative estimate of drug-likeness (QED) is 0.246. The smallest absolute Gasteiger partial charge is 0.268 e. The number of nitrogens with zero attached hydrogens (tertiary/aromatic N) is 4. The van der Waals surface area contributed by atoms with Gasteiger partial charge in [-0.15, -0.1) is 0 Å². The molecule has 3 aromatic carbocycles. The molecule has 1 amide bonds. The first kappa shape index (κ1) is 25.1. The zero-order valence-electron chi connectivity index (χ0n) is 21.5. The van der Waals surface area contributed by atoms with Gasteiger partial charge in [0.25, 0.3) is 11.5 Å². The first-order valence-corrected chi connectivity index (χ1v) is 13.4. The molecule has 0 saturated carbocycles. The minimum atomic E-state index is -0.227. The van der Waals surface area contributed by atoms with Crippen LogP contribution in [0.25, 0.3) is 21.3 Å². The molecule has 0 unspecified atom stereocenters. The number of rotatable bonds is 7. The Hall–Kier alpha value is -5.15. The summed E-state index contributed by atoms with van der Waals surface area (Å²) in [5.41, 5.74) is 5.53. The second-order valence-corrected chi connectivity index (χ2v) is 10.3. The van der Waals surface area contributed by atoms with Crippen LogP contribution in [0.5, 0.6) is 0 Å². The van der Waals surface area contributed by atoms with Crippen LogP contribution in [-0.2, 0) is 6.54 Å². The van der Waals surface area contributed by atoms with Crippen molar-refractivity contribution >= 4 is 44.8 Å². The van der Waals surface area contributed by atoms with Crippen LogP contribution in [0.2, 0.25) is 0 Å². The van der Waals surface area contributed by atoms with Crippen molar-refractivity contribution in [2.75, 3.05) is 10.6 Å². The molecule has 0 aliphatic carbocycles. The number of hydrogen-bond donors (Lipinski definition) is 2. The van der Waals surface area contributed by atoms with Crippen LogP contribution < -0.4 is 16.2 Å². The van der Waals surface area contributed by atoms with Crippen LogP contribution in [0.4, 0.5) is 17.3 Å². The SMILES string of the molecule is Cc1ccc(NC(=O)c2ccc(Cn3sc4ccccc4c3=O)cc2)cc1Nc1nccc(-c2cccnc2)n1. The molecular formula is C31H24N6O2S. The van der Waals surface area contributed by atoms with Crippen molar-refractivity contribution in [3.63, 3.8) is 0 Å². The van der Waals surface area contributed by atoms with Crippen molar-refractivity contribution in [1.29, 1.82) is 0 Å². The molecular weight excluding hydrogens is 520 g/mol. The van der Waals surface area contributed by atoms with Gasteiger partial charge in [0.05, 0.1) is 22.3 Å². The zero-order valence-corrected chi connectivity index (χ0v) is 22.4. The largest absolute Gasteiger partial charge is 0.324 e. The molecule has 0 fully saturated rings. The van der Waals surface area contributed by atoms with Crippen molar-refractivity contribution in [3.8, 4) is 11.3 Å². The number of nitrogens with one attached hydrogen (secondary N) is 2. The van der Waals surface area contributed by atoms with Gasteiger partial charge in [0.15, 0.2) is 0 Å². The average molecular weight is 545 g/mol. The Morgan fingerprint density at radius 1 is 0.950 bits per heavy atom. The molecule has 0 atom stereocenters. The number of hydrogen-bond acceptors (Lipinski definition) is 7. The van der Waals surface area contributed by atoms with Gasteiger partial charge in [-0.1, -0.05) is 41.9 Å². The van der Waals surface area contributed by atoms with Crippen molar-refractivity contribution in [3.05, 3.63) is 131 Å². The molecule has 8 nitrogen and oxygen atoms in total. The zero-order chi connectivity index (χ0) is 27.5. The van der Waals surface area contributed by atoms with Crippen LogP contribution >= 0.6 is 11.5 Å². The van der Waals surface area contributed by atoms with Gasteiger partial charge in [-0.3, -0.25) is 18.5 Å². The molecule has 3 aromatic heterocycles. The molecule has 6 rings (SSSR count). The second-order valence-electron chi connectivity index (χ2n) is 9.24. The van der Waals surface area contributed by atoms with Crippen LogP contribution in [0.1, 0.15) is 21.5 Å². The summed E-state index contributed by atoms with van der Waals surface area (Å²) in [6.07, 6.45) is 5.17. The summed E-state index contributed by atoms with van der Waals surface area (Å²) in [6.45, 7) is 2.43. The first-order valence-electron chi connectivity index (χ1n) is 12.6. The third kappa shape index (κ3) is 5.36. The summed E-state index contributed by atoms with van der Waals surface area (Å²) in [5, 5.41) is 6.95. The van der Waals surface area contributed by atoms with Crippen LogP contribution in [0.3, 0.4) is 0 Å². The van der Waals surface area contributed by atoms with E-state index in [4.69, 9.17) is 0 Å². The van der Waals surface area contributed by atoms with E-state index in [1.54, 1.807) is 34.7 Å². The van der Waals surface area contributed by atoms with Gasteiger partial charge in [0, 0.05) is 41.1 Å². The van der Waals surface area contributed by atoms with Crippen molar-refractivity contribution < 1.29 is 4.79 Å². The number of amides is 1. The molecule has 0 spiro atoms. The minimum absolute atomic E-state index is 0.000375. The van der Waals surface area contributed by atoms with Gasteiger partial charge in [0.1, 0.15) is 0 Å². The lowest BCUT2D eigenvalue weighted by atomic mass is 10.1. The fourth-order valence-electron chi connectivity index (χ4n) is 4.30. The van der Waals surface area contributed by atoms with Gasteiger partial charge in [-0.05, 0) is 72.6 Å². The monoisotopic (exact) mass is 544 g/mol. The van der Waals surface area contributed by atoms with E-state index in [0.717, 1.165) is 38.2 Å². The number of benzene rings is 3. The molecule has 0 aliphatic heterocycles. The van der Waals surface area contributed by atoms with E-state index in [-0.39, 0.29) is 11.5 Å². The van der Waals surface area contributed by atoms with Gasteiger partial charge in [0.2, 0.25) is 5.95 Å². The third-order valence-corrected chi connectivity index (χ3v) is 7.52. The number of aromatic nitrogens is 4. The van der Waals surface area contributed by atoms with Crippen LogP contribution in [0.15, 0.2) is 108 Å². The molecule has 6 aromatic rings. The summed E-state index contributed by atoms with van der Waals surface area (Å²) in [4.78, 5) is 38.8. The maximum Gasteiger partial charge on any atom is 0.268 e. The predicted octanol–water partition coefficient (Wildman–Crippen LogP) is 6.27. The van der Waals surface area contributed by atoms with Gasteiger partial charge < -0.3 is 10.6 Å². The molecule has 0 aliphatic rings. The van der Waals surface area contributed by atoms with Gasteiger partial charge in [-0.25, -0.2) is 9.97 Å². The number of aryl methyl sites for hydroxylation is 1. The minimum Gasteiger partial charge on any atom is -0.324 e. The average Bonchev–Trinajstić information content (AvgIpc) is 3.30. The molecule has 196 valence electrons. The predicted molar refractivity (Wildman–Crippen MR) is 159 cm³/mol. The Balaban J connectivity index is 1.14. The standard InChI is InChI=1S/C31H24N6O2S/c1-20-8-13-24(17-27(20)36-31-33-16-14-26(35-31)23-5-4-15-32-18-23)34-29(38)22-11-9-21(10-12-22)19-37-30(39)25-6-2-3-7-28(25)40-37/h2-18H,19H2,1H3,(H,34,38)(H,33,35,36). The van der Waals surface area contributed by atoms with E-state index < -0.39 is 0 Å². The third-order valence-electron chi connectivity index (χ3n) is 6.45. The number of carbonyl (C=O) groups excluding carboxylic acids is 1. The lowest BCUT2D eigenvalue weighted by Crippen LogP contribution is -2.14. The van der Waals surface area contributed by atoms with E-state index in [1.807, 2.05) is 79.7 Å². The Labute approximate surface area is 234 Å². The number of carbonyl (C=O) groups is 1. The first-order chi connectivity index (χ1) is 19.5. The lowest BCUT2D eigenvalue weighted by molar-refractivity contribution is 0.102. The maximum absolute atomic E-state index is 13.0. The molecule has 0 bridgehead atoms. The summed E-state index contributed by atoms with van der Waals surface area (Å²) in [6, 6.07) is 26.2. The van der Waals surface area contributed by atoms with E-state index in [9.17, 15) is 9.59 Å². The van der Waals surface area contributed by atoms with E-state index >= 15 is 0 Å². The normalized spacial score (nSPS) is 10.9. The van der Waals surface area contributed by atoms with Crippen LogP contribution in [-0.4, -0.2) is 24.8 Å². The van der Waals surface area contributed by atoms with E-state index in [0.29, 0.717) is 23.7 Å². The topological polar surface area (TPSA) is 102 Å². The highest BCUT2D eigenvalue weighted by atomic mass is 32.1. The number of anilines is 3. The fourth-order valence-corrected chi connectivity index (χ4v) is 5.33. The van der Waals surface area contributed by atoms with Gasteiger partial charge >= 0.3 is 0 Å². The van der Waals surface area contributed by atoms with Crippen LogP contribution in [0, 0.1) is 6.92 Å². The Bertz CT molecular complexity index is 1880. The van der Waals surface area contributed by atoms with Gasteiger partial charge in [-0.2, -0.15) is 0 Å². The molecule has 0 saturated heterocycles. The molecule has 0 radical (unpaired) electrons. The number of pyridine rings is 1. The van der Waals surface area contributed by atoms with E-state index in [1.165, 1.54) is 11.5 Å². The molecule has 2 N–H and O–H groups in total. The Kier molecular flexibility index (Phi) is 6.86. The van der Waals surface area contributed by atoms with Crippen molar-refractivity contribution in [1.82, 2.24) is 18.9 Å². The Morgan fingerprint density at radius 3 is 2.60 bits per heavy atom. The number of fused-ring (bicyclic) bond motifs is 1. The highest BCUT2D eigenvalue weighted by molar-refractivity contribution is 7.13. The summed E-state index contributed by atoms with van der Waals surface area (Å²) in [5.74, 6) is 0.219. The highest BCUT2D eigenvalue weighted by Crippen LogP contribution is 2.25. The molecule has 9 heteroatoms. The summed E-state index contributed by atoms with van der Waals surface area (Å²) < 4.78 is 2.69. The van der Waals surface area contributed by atoms with Crippen molar-refractivity contribution in [2.24, 2.45) is 0 Å². The highest BCUT2D eigenvalue weighted by Gasteiger charge is 2.11. The summed E-state index contributed by atoms with van der Waals surface area (Å²) >= 11 is 1.44. The molecule has 40 heavy (non-hydrogen) atoms. The molecule has 3 heterocycles. The lowest BCUT2D eigenvalue weighted by Gasteiger charge is -2.12. The fraction of sp³-hybridized carbons (Fsp3) is 0.0645. The Morgan fingerprint density at radius 2 is 1.80 bits per heavy atom.